The van der Waals surface area contributed by atoms with Crippen molar-refractivity contribution in [1.29, 1.82) is 0 Å². The maximum absolute atomic E-state index is 11.4. The van der Waals surface area contributed by atoms with Gasteiger partial charge in [0, 0.05) is 30.0 Å². The molecule has 0 spiro atoms. The van der Waals surface area contributed by atoms with Crippen LogP contribution in [0.3, 0.4) is 0 Å². The smallest absolute Gasteiger partial charge is 0.278 e. The Morgan fingerprint density at radius 1 is 1.61 bits per heavy atom. The third-order valence-corrected chi connectivity index (χ3v) is 4.78. The molecule has 0 aliphatic carbocycles. The standard InChI is InChI=1S/C15H19ClN4O2S/c1-11(2)9-23-10-13(20(21)22)15-17-5-6-19(15)8-12-3-4-14(16)18-7-12/h3-4,7,13H,1,5-6,8-10H2,2H3. The maximum Gasteiger partial charge on any atom is 0.278 e. The highest BCUT2D eigenvalue weighted by Crippen LogP contribution is 2.17. The van der Waals surface area contributed by atoms with Crippen LogP contribution >= 0.6 is 23.4 Å². The summed E-state index contributed by atoms with van der Waals surface area (Å²) in [5.41, 5.74) is 1.97. The van der Waals surface area contributed by atoms with Crippen molar-refractivity contribution in [3.8, 4) is 0 Å². The normalized spacial score (nSPS) is 15.4. The number of halogens is 1. The Bertz CT molecular complexity index is 606. The van der Waals surface area contributed by atoms with Crippen LogP contribution < -0.4 is 0 Å². The molecule has 2 heterocycles. The van der Waals surface area contributed by atoms with E-state index < -0.39 is 6.04 Å². The van der Waals surface area contributed by atoms with Crippen molar-refractivity contribution in [1.82, 2.24) is 9.88 Å². The quantitative estimate of drug-likeness (QED) is 0.310. The minimum absolute atomic E-state index is 0.247. The fraction of sp³-hybridized carbons (Fsp3) is 0.467. The predicted molar refractivity (Wildman–Crippen MR) is 94.9 cm³/mol. The summed E-state index contributed by atoms with van der Waals surface area (Å²) in [6.45, 7) is 7.57. The van der Waals surface area contributed by atoms with Crippen LogP contribution in [0, 0.1) is 10.1 Å². The first-order valence-corrected chi connectivity index (χ1v) is 8.76. The summed E-state index contributed by atoms with van der Waals surface area (Å²) in [5.74, 6) is 1.67. The van der Waals surface area contributed by atoms with Crippen molar-refractivity contribution >= 4 is 29.2 Å². The van der Waals surface area contributed by atoms with Crippen LogP contribution in [0.5, 0.6) is 0 Å². The number of hydrogen-bond acceptors (Lipinski definition) is 6. The molecule has 0 saturated heterocycles. The van der Waals surface area contributed by atoms with Crippen LogP contribution in [0.2, 0.25) is 5.15 Å². The third kappa shape index (κ3) is 5.21. The largest absolute Gasteiger partial charge is 0.348 e. The molecule has 124 valence electrons. The van der Waals surface area contributed by atoms with Gasteiger partial charge in [0.05, 0.1) is 12.3 Å². The van der Waals surface area contributed by atoms with E-state index in [2.05, 4.69) is 16.6 Å². The summed E-state index contributed by atoms with van der Waals surface area (Å²) in [6.07, 6.45) is 1.69. The zero-order valence-corrected chi connectivity index (χ0v) is 14.5. The van der Waals surface area contributed by atoms with E-state index in [1.54, 1.807) is 12.3 Å². The predicted octanol–water partition coefficient (Wildman–Crippen LogP) is 2.90. The summed E-state index contributed by atoms with van der Waals surface area (Å²) >= 11 is 7.30. The van der Waals surface area contributed by atoms with Crippen LogP contribution in [0.1, 0.15) is 12.5 Å². The molecule has 2 rings (SSSR count). The van der Waals surface area contributed by atoms with E-state index in [0.717, 1.165) is 16.9 Å². The molecule has 0 N–H and O–H groups in total. The first-order chi connectivity index (χ1) is 11.0. The second-order valence-electron chi connectivity index (χ2n) is 5.42. The van der Waals surface area contributed by atoms with Gasteiger partial charge in [-0.15, -0.1) is 11.8 Å². The van der Waals surface area contributed by atoms with E-state index >= 15 is 0 Å². The van der Waals surface area contributed by atoms with E-state index in [0.29, 0.717) is 36.4 Å². The van der Waals surface area contributed by atoms with Crippen LogP contribution in [-0.4, -0.2) is 51.3 Å². The van der Waals surface area contributed by atoms with Gasteiger partial charge in [0.1, 0.15) is 5.15 Å². The molecule has 1 atom stereocenters. The van der Waals surface area contributed by atoms with Gasteiger partial charge >= 0.3 is 0 Å². The van der Waals surface area contributed by atoms with Gasteiger partial charge in [0.2, 0.25) is 0 Å². The molecule has 1 aliphatic rings. The Kier molecular flexibility index (Phi) is 6.41. The topological polar surface area (TPSA) is 71.6 Å². The van der Waals surface area contributed by atoms with E-state index in [9.17, 15) is 10.1 Å². The summed E-state index contributed by atoms with van der Waals surface area (Å²) in [7, 11) is 0. The Labute approximate surface area is 144 Å². The monoisotopic (exact) mass is 354 g/mol. The van der Waals surface area contributed by atoms with E-state index in [1.165, 1.54) is 11.8 Å². The molecule has 8 heteroatoms. The minimum Gasteiger partial charge on any atom is -0.348 e. The minimum atomic E-state index is -0.790. The van der Waals surface area contributed by atoms with Gasteiger partial charge in [-0.3, -0.25) is 15.1 Å². The number of aliphatic imine (C=N–C) groups is 1. The Hall–Kier alpha value is -1.60. The molecule has 1 aliphatic heterocycles. The summed E-state index contributed by atoms with van der Waals surface area (Å²) < 4.78 is 0. The molecule has 6 nitrogen and oxygen atoms in total. The molecule has 1 unspecified atom stereocenters. The van der Waals surface area contributed by atoms with Crippen molar-refractivity contribution in [3.63, 3.8) is 0 Å². The number of thioether (sulfide) groups is 1. The number of nitro groups is 1. The average molecular weight is 355 g/mol. The number of rotatable bonds is 8. The molecule has 0 amide bonds. The van der Waals surface area contributed by atoms with Crippen molar-refractivity contribution in [2.75, 3.05) is 24.6 Å². The van der Waals surface area contributed by atoms with Gasteiger partial charge < -0.3 is 4.90 Å². The lowest BCUT2D eigenvalue weighted by atomic mass is 10.2. The second kappa shape index (κ2) is 8.31. The molecular formula is C15H19ClN4O2S. The lowest BCUT2D eigenvalue weighted by molar-refractivity contribution is -0.498. The molecule has 0 aromatic carbocycles. The van der Waals surface area contributed by atoms with E-state index in [1.807, 2.05) is 17.9 Å². The molecule has 0 bridgehead atoms. The number of nitrogens with zero attached hydrogens (tertiary/aromatic N) is 4. The Morgan fingerprint density at radius 3 is 3.00 bits per heavy atom. The molecule has 0 radical (unpaired) electrons. The highest BCUT2D eigenvalue weighted by Gasteiger charge is 2.34. The first kappa shape index (κ1) is 17.7. The van der Waals surface area contributed by atoms with Crippen molar-refractivity contribution in [3.05, 3.63) is 51.3 Å². The van der Waals surface area contributed by atoms with Gasteiger partial charge in [-0.1, -0.05) is 29.8 Å². The Morgan fingerprint density at radius 2 is 2.39 bits per heavy atom. The lowest BCUT2D eigenvalue weighted by Gasteiger charge is -2.22. The average Bonchev–Trinajstić information content (AvgIpc) is 2.93. The number of aromatic nitrogens is 1. The molecule has 23 heavy (non-hydrogen) atoms. The van der Waals surface area contributed by atoms with E-state index in [4.69, 9.17) is 11.6 Å². The van der Waals surface area contributed by atoms with Crippen molar-refractivity contribution in [2.45, 2.75) is 19.5 Å². The molecule has 1 aromatic rings. The van der Waals surface area contributed by atoms with Gasteiger partial charge in [-0.25, -0.2) is 4.98 Å². The molecular weight excluding hydrogens is 336 g/mol. The zero-order valence-electron chi connectivity index (χ0n) is 12.9. The SMILES string of the molecule is C=C(C)CSCC(C1=NCCN1Cc1ccc(Cl)nc1)[N+](=O)[O-]. The Balaban J connectivity index is 2.03. The summed E-state index contributed by atoms with van der Waals surface area (Å²) in [4.78, 5) is 21.6. The van der Waals surface area contributed by atoms with Gasteiger partial charge in [0.15, 0.2) is 5.84 Å². The van der Waals surface area contributed by atoms with Crippen molar-refractivity contribution < 1.29 is 4.92 Å². The van der Waals surface area contributed by atoms with Crippen LogP contribution in [-0.2, 0) is 6.54 Å². The zero-order chi connectivity index (χ0) is 16.8. The fourth-order valence-electron chi connectivity index (χ4n) is 2.27. The van der Waals surface area contributed by atoms with Crippen molar-refractivity contribution in [2.24, 2.45) is 4.99 Å². The lowest BCUT2D eigenvalue weighted by Crippen LogP contribution is -2.41. The molecule has 1 aromatic heterocycles. The molecule has 0 saturated carbocycles. The van der Waals surface area contributed by atoms with Crippen LogP contribution in [0.15, 0.2) is 35.5 Å². The fourth-order valence-corrected chi connectivity index (χ4v) is 3.34. The summed E-state index contributed by atoms with van der Waals surface area (Å²) in [5, 5.41) is 11.9. The van der Waals surface area contributed by atoms with Gasteiger partial charge in [-0.2, -0.15) is 0 Å². The highest BCUT2D eigenvalue weighted by molar-refractivity contribution is 7.99. The van der Waals surface area contributed by atoms with Gasteiger partial charge in [-0.05, 0) is 18.6 Å². The second-order valence-corrected chi connectivity index (χ2v) is 6.84. The van der Waals surface area contributed by atoms with Crippen LogP contribution in [0.25, 0.3) is 0 Å². The highest BCUT2D eigenvalue weighted by atomic mass is 35.5. The third-order valence-electron chi connectivity index (χ3n) is 3.31. The number of pyridine rings is 1. The first-order valence-electron chi connectivity index (χ1n) is 7.22. The maximum atomic E-state index is 11.4. The van der Waals surface area contributed by atoms with E-state index in [-0.39, 0.29) is 4.92 Å². The molecule has 0 fully saturated rings. The summed E-state index contributed by atoms with van der Waals surface area (Å²) in [6, 6.07) is 2.81. The van der Waals surface area contributed by atoms with Crippen LogP contribution in [0.4, 0.5) is 0 Å². The van der Waals surface area contributed by atoms with Gasteiger partial charge in [0.25, 0.3) is 6.04 Å². The number of hydrogen-bond donors (Lipinski definition) is 0. The number of amidine groups is 1.